The zero-order valence-electron chi connectivity index (χ0n) is 14.5. The van der Waals surface area contributed by atoms with Gasteiger partial charge in [0.15, 0.2) is 11.5 Å². The molecule has 2 aromatic carbocycles. The lowest BCUT2D eigenvalue weighted by atomic mass is 10.2. The van der Waals surface area contributed by atoms with Crippen LogP contribution in [0.25, 0.3) is 0 Å². The number of para-hydroxylation sites is 2. The molecular weight excluding hydrogens is 375 g/mol. The standard InChI is InChI=1S/C19H20Cl2N2O3/c1-12(19(24)22-16-9-13(20)7-8-15(16)21)23(2)10-14-11-25-17-5-3-4-6-18(17)26-14/h3-9,12,14H,10-11H2,1-2H3,(H,22,24)/t12-,14-/m0/s1. The van der Waals surface area contributed by atoms with Crippen molar-refractivity contribution in [1.29, 1.82) is 0 Å². The van der Waals surface area contributed by atoms with Crippen molar-refractivity contribution in [2.24, 2.45) is 0 Å². The molecule has 1 N–H and O–H groups in total. The highest BCUT2D eigenvalue weighted by Gasteiger charge is 2.26. The number of nitrogens with zero attached hydrogens (tertiary/aromatic N) is 1. The fraction of sp³-hybridized carbons (Fsp3) is 0.316. The molecule has 5 nitrogen and oxygen atoms in total. The average Bonchev–Trinajstić information content (AvgIpc) is 2.64. The van der Waals surface area contributed by atoms with Gasteiger partial charge in [-0.1, -0.05) is 35.3 Å². The van der Waals surface area contributed by atoms with E-state index in [-0.39, 0.29) is 18.1 Å². The second-order valence-corrected chi connectivity index (χ2v) is 7.07. The maximum absolute atomic E-state index is 12.5. The van der Waals surface area contributed by atoms with Crippen molar-refractivity contribution in [2.45, 2.75) is 19.1 Å². The van der Waals surface area contributed by atoms with E-state index in [0.29, 0.717) is 28.9 Å². The molecule has 2 aromatic rings. The summed E-state index contributed by atoms with van der Waals surface area (Å²) in [6.45, 7) is 2.81. The van der Waals surface area contributed by atoms with Gasteiger partial charge in [0, 0.05) is 11.6 Å². The third kappa shape index (κ3) is 4.41. The van der Waals surface area contributed by atoms with E-state index >= 15 is 0 Å². The molecule has 1 heterocycles. The van der Waals surface area contributed by atoms with E-state index in [1.54, 1.807) is 18.2 Å². The van der Waals surface area contributed by atoms with Gasteiger partial charge in [-0.2, -0.15) is 0 Å². The number of amides is 1. The Kier molecular flexibility index (Phi) is 5.91. The maximum atomic E-state index is 12.5. The fourth-order valence-corrected chi connectivity index (χ4v) is 3.00. The number of rotatable bonds is 5. The summed E-state index contributed by atoms with van der Waals surface area (Å²) >= 11 is 12.1. The SMILES string of the molecule is C[C@@H](C(=O)Nc1cc(Cl)ccc1Cl)N(C)C[C@H]1COc2ccccc2O1. The topological polar surface area (TPSA) is 50.8 Å². The predicted molar refractivity (Wildman–Crippen MR) is 104 cm³/mol. The summed E-state index contributed by atoms with van der Waals surface area (Å²) < 4.78 is 11.7. The second-order valence-electron chi connectivity index (χ2n) is 6.23. The first-order valence-electron chi connectivity index (χ1n) is 8.28. The largest absolute Gasteiger partial charge is 0.486 e. The molecule has 1 aliphatic heterocycles. The number of carbonyl (C=O) groups is 1. The van der Waals surface area contributed by atoms with Crippen LogP contribution in [0.1, 0.15) is 6.92 Å². The highest BCUT2D eigenvalue weighted by Crippen LogP contribution is 2.31. The minimum absolute atomic E-state index is 0.153. The minimum atomic E-state index is -0.384. The molecule has 0 fully saturated rings. The fourth-order valence-electron chi connectivity index (χ4n) is 2.66. The highest BCUT2D eigenvalue weighted by atomic mass is 35.5. The van der Waals surface area contributed by atoms with Crippen LogP contribution in [0.5, 0.6) is 11.5 Å². The Morgan fingerprint density at radius 3 is 2.77 bits per heavy atom. The number of nitrogens with one attached hydrogen (secondary N) is 1. The van der Waals surface area contributed by atoms with E-state index in [1.165, 1.54) is 0 Å². The lowest BCUT2D eigenvalue weighted by Gasteiger charge is -2.31. The van der Waals surface area contributed by atoms with Crippen LogP contribution in [-0.4, -0.2) is 43.2 Å². The summed E-state index contributed by atoms with van der Waals surface area (Å²) in [4.78, 5) is 14.4. The van der Waals surface area contributed by atoms with E-state index in [4.69, 9.17) is 32.7 Å². The van der Waals surface area contributed by atoms with Gasteiger partial charge >= 0.3 is 0 Å². The first-order chi connectivity index (χ1) is 12.4. The molecule has 2 atom stereocenters. The predicted octanol–water partition coefficient (Wildman–Crippen LogP) is 4.09. The molecule has 0 saturated carbocycles. The third-order valence-corrected chi connectivity index (χ3v) is 4.85. The minimum Gasteiger partial charge on any atom is -0.486 e. The third-order valence-electron chi connectivity index (χ3n) is 4.29. The van der Waals surface area contributed by atoms with E-state index in [1.807, 2.05) is 43.1 Å². The van der Waals surface area contributed by atoms with Gasteiger partial charge in [-0.25, -0.2) is 0 Å². The van der Waals surface area contributed by atoms with Crippen LogP contribution in [0.15, 0.2) is 42.5 Å². The molecule has 138 valence electrons. The Morgan fingerprint density at radius 1 is 1.27 bits per heavy atom. The van der Waals surface area contributed by atoms with Crippen LogP contribution in [0.2, 0.25) is 10.0 Å². The van der Waals surface area contributed by atoms with Crippen LogP contribution < -0.4 is 14.8 Å². The van der Waals surface area contributed by atoms with Crippen LogP contribution in [0.3, 0.4) is 0 Å². The lowest BCUT2D eigenvalue weighted by molar-refractivity contribution is -0.120. The van der Waals surface area contributed by atoms with Crippen molar-refractivity contribution in [3.8, 4) is 11.5 Å². The molecule has 0 unspecified atom stereocenters. The van der Waals surface area contributed by atoms with Gasteiger partial charge in [0.1, 0.15) is 12.7 Å². The molecule has 7 heteroatoms. The molecule has 1 amide bonds. The van der Waals surface area contributed by atoms with E-state index in [9.17, 15) is 4.79 Å². The summed E-state index contributed by atoms with van der Waals surface area (Å²) in [6, 6.07) is 12.1. The van der Waals surface area contributed by atoms with Gasteiger partial charge in [0.05, 0.1) is 16.8 Å². The number of benzene rings is 2. The second kappa shape index (κ2) is 8.16. The zero-order chi connectivity index (χ0) is 18.7. The number of anilines is 1. The molecule has 0 aliphatic carbocycles. The van der Waals surface area contributed by atoms with Gasteiger partial charge < -0.3 is 14.8 Å². The highest BCUT2D eigenvalue weighted by molar-refractivity contribution is 6.35. The summed E-state index contributed by atoms with van der Waals surface area (Å²) in [5.74, 6) is 1.29. The van der Waals surface area contributed by atoms with E-state index in [0.717, 1.165) is 11.5 Å². The first kappa shape index (κ1) is 18.8. The number of halogens is 2. The number of ether oxygens (including phenoxy) is 2. The Balaban J connectivity index is 1.58. The van der Waals surface area contributed by atoms with Crippen LogP contribution in [0.4, 0.5) is 5.69 Å². The van der Waals surface area contributed by atoms with Crippen molar-refractivity contribution in [3.05, 3.63) is 52.5 Å². The molecule has 3 rings (SSSR count). The maximum Gasteiger partial charge on any atom is 0.241 e. The van der Waals surface area contributed by atoms with E-state index < -0.39 is 0 Å². The Bertz CT molecular complexity index is 800. The van der Waals surface area contributed by atoms with E-state index in [2.05, 4.69) is 5.32 Å². The number of carbonyl (C=O) groups excluding carboxylic acids is 1. The summed E-state index contributed by atoms with van der Waals surface area (Å²) in [7, 11) is 1.87. The molecular formula is C19H20Cl2N2O3. The van der Waals surface area contributed by atoms with Gasteiger partial charge in [0.25, 0.3) is 0 Å². The van der Waals surface area contributed by atoms with Crippen LogP contribution in [0, 0.1) is 0 Å². The van der Waals surface area contributed by atoms with Gasteiger partial charge in [0.2, 0.25) is 5.91 Å². The Hall–Kier alpha value is -1.95. The van der Waals surface area contributed by atoms with Crippen molar-refractivity contribution in [2.75, 3.05) is 25.5 Å². The number of likely N-dealkylation sites (N-methyl/N-ethyl adjacent to an activating group) is 1. The number of hydrogen-bond acceptors (Lipinski definition) is 4. The van der Waals surface area contributed by atoms with Gasteiger partial charge in [-0.15, -0.1) is 0 Å². The van der Waals surface area contributed by atoms with Crippen molar-refractivity contribution in [1.82, 2.24) is 4.90 Å². The average molecular weight is 395 g/mol. The quantitative estimate of drug-likeness (QED) is 0.829. The number of hydrogen-bond donors (Lipinski definition) is 1. The normalized spacial score (nSPS) is 17.0. The zero-order valence-corrected chi connectivity index (χ0v) is 16.1. The summed E-state index contributed by atoms with van der Waals surface area (Å²) in [5, 5.41) is 3.77. The van der Waals surface area contributed by atoms with Gasteiger partial charge in [-0.3, -0.25) is 9.69 Å². The molecule has 0 spiro atoms. The lowest BCUT2D eigenvalue weighted by Crippen LogP contribution is -2.46. The van der Waals surface area contributed by atoms with Crippen molar-refractivity contribution in [3.63, 3.8) is 0 Å². The molecule has 0 bridgehead atoms. The monoisotopic (exact) mass is 394 g/mol. The smallest absolute Gasteiger partial charge is 0.241 e. The van der Waals surface area contributed by atoms with Crippen LogP contribution in [-0.2, 0) is 4.79 Å². The Morgan fingerprint density at radius 2 is 2.00 bits per heavy atom. The molecule has 26 heavy (non-hydrogen) atoms. The molecule has 0 aromatic heterocycles. The van der Waals surface area contributed by atoms with Crippen molar-refractivity contribution < 1.29 is 14.3 Å². The van der Waals surface area contributed by atoms with Crippen LogP contribution >= 0.6 is 23.2 Å². The first-order valence-corrected chi connectivity index (χ1v) is 9.04. The Labute approximate surface area is 162 Å². The summed E-state index contributed by atoms with van der Waals surface area (Å²) in [6.07, 6.45) is -0.153. The number of fused-ring (bicyclic) bond motifs is 1. The van der Waals surface area contributed by atoms with Gasteiger partial charge in [-0.05, 0) is 44.3 Å². The molecule has 1 aliphatic rings. The summed E-state index contributed by atoms with van der Waals surface area (Å²) in [5.41, 5.74) is 0.496. The molecule has 0 saturated heterocycles. The van der Waals surface area contributed by atoms with Crippen molar-refractivity contribution >= 4 is 34.8 Å². The molecule has 0 radical (unpaired) electrons.